The Balaban J connectivity index is 1.54. The third-order valence-electron chi connectivity index (χ3n) is 8.20. The maximum absolute atomic E-state index is 14.1. The fourth-order valence-corrected chi connectivity index (χ4v) is 6.51. The van der Waals surface area contributed by atoms with Crippen molar-refractivity contribution in [3.63, 3.8) is 0 Å². The number of carbonyl (C=O) groups is 2. The van der Waals surface area contributed by atoms with Crippen molar-refractivity contribution in [3.8, 4) is 11.5 Å². The molecule has 1 aliphatic heterocycles. The van der Waals surface area contributed by atoms with Gasteiger partial charge < -0.3 is 24.2 Å². The van der Waals surface area contributed by atoms with E-state index >= 15 is 0 Å². The largest absolute Gasteiger partial charge is 0.493 e. The highest BCUT2D eigenvalue weighted by Gasteiger charge is 2.28. The number of hydrogen-bond donors (Lipinski definition) is 0. The molecule has 1 unspecified atom stereocenters. The van der Waals surface area contributed by atoms with Crippen molar-refractivity contribution in [3.05, 3.63) is 81.5 Å². The Morgan fingerprint density at radius 3 is 2.33 bits per heavy atom. The summed E-state index contributed by atoms with van der Waals surface area (Å²) in [6.45, 7) is 8.73. The Morgan fingerprint density at radius 2 is 1.69 bits per heavy atom. The van der Waals surface area contributed by atoms with E-state index in [0.717, 1.165) is 30.8 Å². The van der Waals surface area contributed by atoms with Crippen LogP contribution in [0.25, 0.3) is 0 Å². The molecule has 1 fully saturated rings. The predicted molar refractivity (Wildman–Crippen MR) is 169 cm³/mol. The van der Waals surface area contributed by atoms with Gasteiger partial charge in [-0.2, -0.15) is 0 Å². The minimum absolute atomic E-state index is 0.0269. The van der Waals surface area contributed by atoms with Gasteiger partial charge in [-0.1, -0.05) is 43.3 Å². The van der Waals surface area contributed by atoms with Gasteiger partial charge in [0.1, 0.15) is 0 Å². The van der Waals surface area contributed by atoms with E-state index < -0.39 is 0 Å². The van der Waals surface area contributed by atoms with E-state index in [1.807, 2.05) is 65.3 Å². The molecule has 2 amide bonds. The fourth-order valence-electron chi connectivity index (χ4n) is 5.59. The zero-order chi connectivity index (χ0) is 29.9. The molecular formula is C34H45N3O4S. The van der Waals surface area contributed by atoms with Crippen molar-refractivity contribution in [1.82, 2.24) is 14.7 Å². The van der Waals surface area contributed by atoms with Gasteiger partial charge in [0.2, 0.25) is 11.8 Å². The molecule has 226 valence electrons. The number of amides is 2. The van der Waals surface area contributed by atoms with Crippen LogP contribution in [-0.4, -0.2) is 80.0 Å². The molecule has 0 saturated carbocycles. The van der Waals surface area contributed by atoms with Gasteiger partial charge >= 0.3 is 0 Å². The van der Waals surface area contributed by atoms with Crippen LogP contribution in [-0.2, 0) is 22.6 Å². The molecule has 8 heteroatoms. The normalized spacial score (nSPS) is 14.0. The number of rotatable bonds is 15. The second kappa shape index (κ2) is 15.8. The summed E-state index contributed by atoms with van der Waals surface area (Å²) in [5.41, 5.74) is 3.24. The van der Waals surface area contributed by atoms with Crippen LogP contribution in [0.4, 0.5) is 0 Å². The molecule has 4 rings (SSSR count). The number of aryl methyl sites for hydroxylation is 1. The van der Waals surface area contributed by atoms with Gasteiger partial charge in [0.25, 0.3) is 0 Å². The molecule has 0 bridgehead atoms. The zero-order valence-corrected chi connectivity index (χ0v) is 26.3. The molecule has 0 radical (unpaired) electrons. The Kier molecular flexibility index (Phi) is 11.8. The Labute approximate surface area is 255 Å². The Morgan fingerprint density at radius 1 is 0.952 bits per heavy atom. The first-order chi connectivity index (χ1) is 20.4. The number of hydrogen-bond acceptors (Lipinski definition) is 6. The molecule has 1 atom stereocenters. The zero-order valence-electron chi connectivity index (χ0n) is 25.5. The van der Waals surface area contributed by atoms with Gasteiger partial charge in [-0.15, -0.1) is 11.3 Å². The SMILES string of the molecule is CCC(C(=O)N(CCN1CCCC1)CC(=O)N(CCc1ccc(OC)c(OC)c1)Cc1sccc1C)c1ccccc1. The van der Waals surface area contributed by atoms with Gasteiger partial charge in [0, 0.05) is 24.5 Å². The molecule has 42 heavy (non-hydrogen) atoms. The number of nitrogens with zero attached hydrogens (tertiary/aromatic N) is 3. The number of ether oxygens (including phenoxy) is 2. The smallest absolute Gasteiger partial charge is 0.242 e. The van der Waals surface area contributed by atoms with Crippen molar-refractivity contribution in [2.45, 2.75) is 52.0 Å². The van der Waals surface area contributed by atoms with E-state index in [9.17, 15) is 9.59 Å². The van der Waals surface area contributed by atoms with Crippen molar-refractivity contribution < 1.29 is 19.1 Å². The molecule has 1 aliphatic rings. The highest BCUT2D eigenvalue weighted by Crippen LogP contribution is 2.28. The van der Waals surface area contributed by atoms with Crippen LogP contribution in [0, 0.1) is 6.92 Å². The molecule has 0 N–H and O–H groups in total. The summed E-state index contributed by atoms with van der Waals surface area (Å²) in [6, 6.07) is 17.9. The number of methoxy groups -OCH3 is 2. The number of carbonyl (C=O) groups excluding carboxylic acids is 2. The lowest BCUT2D eigenvalue weighted by Gasteiger charge is -2.31. The lowest BCUT2D eigenvalue weighted by molar-refractivity contribution is -0.142. The van der Waals surface area contributed by atoms with E-state index in [1.54, 1.807) is 25.6 Å². The van der Waals surface area contributed by atoms with Gasteiger partial charge in [-0.25, -0.2) is 0 Å². The second-order valence-electron chi connectivity index (χ2n) is 11.0. The van der Waals surface area contributed by atoms with E-state index in [-0.39, 0.29) is 24.3 Å². The number of benzene rings is 2. The fraction of sp³-hybridized carbons (Fsp3) is 0.471. The summed E-state index contributed by atoms with van der Waals surface area (Å²) >= 11 is 1.67. The summed E-state index contributed by atoms with van der Waals surface area (Å²) in [4.78, 5) is 35.4. The van der Waals surface area contributed by atoms with Crippen molar-refractivity contribution in [2.75, 3.05) is 53.5 Å². The minimum atomic E-state index is -0.266. The average molecular weight is 592 g/mol. The summed E-state index contributed by atoms with van der Waals surface area (Å²) in [5.74, 6) is 1.09. The van der Waals surface area contributed by atoms with E-state index in [1.165, 1.54) is 23.3 Å². The van der Waals surface area contributed by atoms with E-state index in [4.69, 9.17) is 9.47 Å². The van der Waals surface area contributed by atoms with Crippen LogP contribution in [0.1, 0.15) is 53.7 Å². The lowest BCUT2D eigenvalue weighted by Crippen LogP contribution is -2.47. The van der Waals surface area contributed by atoms with Crippen LogP contribution in [0.2, 0.25) is 0 Å². The van der Waals surface area contributed by atoms with Crippen LogP contribution >= 0.6 is 11.3 Å². The summed E-state index contributed by atoms with van der Waals surface area (Å²) in [6.07, 6.45) is 3.74. The molecule has 7 nitrogen and oxygen atoms in total. The molecule has 2 heterocycles. The third-order valence-corrected chi connectivity index (χ3v) is 9.21. The summed E-state index contributed by atoms with van der Waals surface area (Å²) in [7, 11) is 3.25. The topological polar surface area (TPSA) is 62.3 Å². The van der Waals surface area contributed by atoms with Crippen molar-refractivity contribution >= 4 is 23.2 Å². The molecule has 1 saturated heterocycles. The van der Waals surface area contributed by atoms with Gasteiger partial charge in [0.05, 0.1) is 33.2 Å². The van der Waals surface area contributed by atoms with Gasteiger partial charge in [-0.3, -0.25) is 9.59 Å². The predicted octanol–water partition coefficient (Wildman–Crippen LogP) is 5.76. The van der Waals surface area contributed by atoms with Crippen molar-refractivity contribution in [1.29, 1.82) is 0 Å². The van der Waals surface area contributed by atoms with Gasteiger partial charge in [-0.05, 0) is 86.0 Å². The van der Waals surface area contributed by atoms with Crippen LogP contribution in [0.15, 0.2) is 60.0 Å². The quantitative estimate of drug-likeness (QED) is 0.225. The average Bonchev–Trinajstić information content (AvgIpc) is 3.69. The number of likely N-dealkylation sites (tertiary alicyclic amines) is 1. The molecule has 3 aromatic rings. The van der Waals surface area contributed by atoms with Gasteiger partial charge in [0.15, 0.2) is 11.5 Å². The minimum Gasteiger partial charge on any atom is -0.493 e. The maximum Gasteiger partial charge on any atom is 0.242 e. The summed E-state index contributed by atoms with van der Waals surface area (Å²) in [5, 5.41) is 2.07. The van der Waals surface area contributed by atoms with E-state index in [2.05, 4.69) is 23.3 Å². The molecular weight excluding hydrogens is 546 g/mol. The van der Waals surface area contributed by atoms with Crippen LogP contribution in [0.3, 0.4) is 0 Å². The molecule has 0 spiro atoms. The second-order valence-corrected chi connectivity index (χ2v) is 12.0. The maximum atomic E-state index is 14.1. The molecule has 1 aromatic heterocycles. The monoisotopic (exact) mass is 591 g/mol. The van der Waals surface area contributed by atoms with Crippen LogP contribution < -0.4 is 9.47 Å². The first kappa shape index (κ1) is 31.6. The van der Waals surface area contributed by atoms with Crippen molar-refractivity contribution in [2.24, 2.45) is 0 Å². The Bertz CT molecular complexity index is 1290. The first-order valence-electron chi connectivity index (χ1n) is 15.0. The number of thiophene rings is 1. The molecule has 0 aliphatic carbocycles. The third kappa shape index (κ3) is 8.35. The summed E-state index contributed by atoms with van der Waals surface area (Å²) < 4.78 is 10.9. The Hall–Kier alpha value is -3.36. The first-order valence-corrected chi connectivity index (χ1v) is 15.9. The highest BCUT2D eigenvalue weighted by atomic mass is 32.1. The molecule has 2 aromatic carbocycles. The van der Waals surface area contributed by atoms with Crippen LogP contribution in [0.5, 0.6) is 11.5 Å². The highest BCUT2D eigenvalue weighted by molar-refractivity contribution is 7.10. The van der Waals surface area contributed by atoms with E-state index in [0.29, 0.717) is 44.0 Å². The standard InChI is InChI=1S/C34H45N3O4S/c1-5-29(28-11-7-6-8-12-28)34(39)37(21-20-35-17-9-10-18-35)25-33(38)36(24-32-26(2)16-22-42-32)19-15-27-13-14-30(40-3)31(23-27)41-4/h6-8,11-14,16,22-23,29H,5,9-10,15,17-21,24-25H2,1-4H3. The lowest BCUT2D eigenvalue weighted by atomic mass is 9.95.